The van der Waals surface area contributed by atoms with E-state index < -0.39 is 24.2 Å². The first kappa shape index (κ1) is 18.6. The number of fused-ring (bicyclic) bond motifs is 1. The SMILES string of the molecule is COc1ccc(C(=O)COC(=O)Cc2coc3cc(C)c(C)cc23)cc1F. The van der Waals surface area contributed by atoms with Gasteiger partial charge in [-0.3, -0.25) is 9.59 Å². The molecule has 0 spiro atoms. The smallest absolute Gasteiger partial charge is 0.310 e. The molecular formula is C21H19FO5. The molecule has 0 amide bonds. The number of rotatable bonds is 6. The molecule has 1 heterocycles. The standard InChI is InChI=1S/C21H19FO5/c1-12-6-16-15(10-26-20(16)7-13(12)2)9-21(24)27-11-18(23)14-4-5-19(25-3)17(22)8-14/h4-8,10H,9,11H2,1-3H3. The van der Waals surface area contributed by atoms with Gasteiger partial charge in [-0.15, -0.1) is 0 Å². The Morgan fingerprint density at radius 2 is 1.85 bits per heavy atom. The predicted octanol–water partition coefficient (Wildman–Crippen LogP) is 4.17. The minimum absolute atomic E-state index is 0.0141. The van der Waals surface area contributed by atoms with Crippen LogP contribution in [0, 0.1) is 19.7 Å². The van der Waals surface area contributed by atoms with E-state index in [0.29, 0.717) is 11.1 Å². The summed E-state index contributed by atoms with van der Waals surface area (Å²) in [5.74, 6) is -1.65. The van der Waals surface area contributed by atoms with Crippen molar-refractivity contribution < 1.29 is 27.9 Å². The van der Waals surface area contributed by atoms with E-state index >= 15 is 0 Å². The van der Waals surface area contributed by atoms with E-state index in [4.69, 9.17) is 13.9 Å². The number of carbonyl (C=O) groups is 2. The normalized spacial score (nSPS) is 10.8. The number of benzene rings is 2. The highest BCUT2D eigenvalue weighted by Crippen LogP contribution is 2.25. The minimum Gasteiger partial charge on any atom is -0.494 e. The van der Waals surface area contributed by atoms with Crippen LogP contribution in [-0.2, 0) is 16.0 Å². The topological polar surface area (TPSA) is 65.7 Å². The van der Waals surface area contributed by atoms with Crippen LogP contribution in [0.4, 0.5) is 4.39 Å². The lowest BCUT2D eigenvalue weighted by Gasteiger charge is -2.06. The quantitative estimate of drug-likeness (QED) is 0.481. The molecule has 0 aliphatic rings. The predicted molar refractivity (Wildman–Crippen MR) is 97.6 cm³/mol. The van der Waals surface area contributed by atoms with Gasteiger partial charge in [-0.25, -0.2) is 4.39 Å². The van der Waals surface area contributed by atoms with Crippen molar-refractivity contribution in [2.24, 2.45) is 0 Å². The molecule has 140 valence electrons. The summed E-state index contributed by atoms with van der Waals surface area (Å²) in [5.41, 5.74) is 3.70. The van der Waals surface area contributed by atoms with Gasteiger partial charge in [-0.2, -0.15) is 0 Å². The van der Waals surface area contributed by atoms with Crippen molar-refractivity contribution >= 4 is 22.7 Å². The second-order valence-electron chi connectivity index (χ2n) is 6.30. The first-order chi connectivity index (χ1) is 12.9. The maximum Gasteiger partial charge on any atom is 0.310 e. The Balaban J connectivity index is 1.64. The largest absolute Gasteiger partial charge is 0.494 e. The minimum atomic E-state index is -0.648. The lowest BCUT2D eigenvalue weighted by atomic mass is 10.0. The van der Waals surface area contributed by atoms with Crippen molar-refractivity contribution in [1.82, 2.24) is 0 Å². The van der Waals surface area contributed by atoms with Crippen LogP contribution in [0.1, 0.15) is 27.0 Å². The third-order valence-corrected chi connectivity index (χ3v) is 4.44. The highest BCUT2D eigenvalue weighted by Gasteiger charge is 2.16. The highest BCUT2D eigenvalue weighted by atomic mass is 19.1. The molecule has 0 unspecified atom stereocenters. The van der Waals surface area contributed by atoms with Gasteiger partial charge >= 0.3 is 5.97 Å². The number of hydrogen-bond acceptors (Lipinski definition) is 5. The van der Waals surface area contributed by atoms with Gasteiger partial charge in [0.25, 0.3) is 0 Å². The van der Waals surface area contributed by atoms with E-state index in [0.717, 1.165) is 22.6 Å². The first-order valence-corrected chi connectivity index (χ1v) is 8.38. The zero-order chi connectivity index (χ0) is 19.6. The second kappa shape index (κ2) is 7.61. The summed E-state index contributed by atoms with van der Waals surface area (Å²) in [4.78, 5) is 24.2. The van der Waals surface area contributed by atoms with Gasteiger partial charge in [0.05, 0.1) is 19.8 Å². The Bertz CT molecular complexity index is 1020. The molecule has 3 rings (SSSR count). The zero-order valence-corrected chi connectivity index (χ0v) is 15.3. The maximum atomic E-state index is 13.7. The van der Waals surface area contributed by atoms with E-state index in [9.17, 15) is 14.0 Å². The lowest BCUT2D eigenvalue weighted by molar-refractivity contribution is -0.141. The van der Waals surface area contributed by atoms with Crippen LogP contribution in [0.5, 0.6) is 5.75 Å². The summed E-state index contributed by atoms with van der Waals surface area (Å²) in [6.07, 6.45) is 1.51. The zero-order valence-electron chi connectivity index (χ0n) is 15.3. The first-order valence-electron chi connectivity index (χ1n) is 8.38. The van der Waals surface area contributed by atoms with Gasteiger partial charge in [-0.05, 0) is 55.3 Å². The van der Waals surface area contributed by atoms with Crippen molar-refractivity contribution in [3.8, 4) is 5.75 Å². The molecule has 3 aromatic rings. The molecule has 1 aromatic heterocycles. The van der Waals surface area contributed by atoms with E-state index in [2.05, 4.69) is 0 Å². The van der Waals surface area contributed by atoms with Crippen molar-refractivity contribution in [2.45, 2.75) is 20.3 Å². The van der Waals surface area contributed by atoms with Gasteiger partial charge in [0.15, 0.2) is 24.0 Å². The van der Waals surface area contributed by atoms with Crippen molar-refractivity contribution in [2.75, 3.05) is 13.7 Å². The van der Waals surface area contributed by atoms with E-state index in [1.54, 1.807) is 0 Å². The molecular weight excluding hydrogens is 351 g/mol. The Morgan fingerprint density at radius 3 is 2.56 bits per heavy atom. The summed E-state index contributed by atoms with van der Waals surface area (Å²) in [7, 11) is 1.34. The Labute approximate surface area is 155 Å². The number of ketones is 1. The molecule has 0 fully saturated rings. The van der Waals surface area contributed by atoms with Crippen LogP contribution in [0.25, 0.3) is 11.0 Å². The van der Waals surface area contributed by atoms with Crippen LogP contribution in [-0.4, -0.2) is 25.5 Å². The molecule has 0 radical (unpaired) electrons. The lowest BCUT2D eigenvalue weighted by Crippen LogP contribution is -2.15. The summed E-state index contributed by atoms with van der Waals surface area (Å²) >= 11 is 0. The highest BCUT2D eigenvalue weighted by molar-refractivity contribution is 5.98. The molecule has 2 aromatic carbocycles. The van der Waals surface area contributed by atoms with Crippen LogP contribution in [0.3, 0.4) is 0 Å². The fraction of sp³-hybridized carbons (Fsp3) is 0.238. The molecule has 27 heavy (non-hydrogen) atoms. The van der Waals surface area contributed by atoms with Crippen LogP contribution >= 0.6 is 0 Å². The molecule has 6 heteroatoms. The number of carbonyl (C=O) groups excluding carboxylic acids is 2. The second-order valence-corrected chi connectivity index (χ2v) is 6.30. The van der Waals surface area contributed by atoms with E-state index in [1.165, 1.54) is 25.5 Å². The average molecular weight is 370 g/mol. The summed E-state index contributed by atoms with van der Waals surface area (Å²) in [5, 5.41) is 0.846. The summed E-state index contributed by atoms with van der Waals surface area (Å²) < 4.78 is 29.0. The van der Waals surface area contributed by atoms with Gasteiger partial charge < -0.3 is 13.9 Å². The number of furan rings is 1. The maximum absolute atomic E-state index is 13.7. The van der Waals surface area contributed by atoms with Crippen molar-refractivity contribution in [3.63, 3.8) is 0 Å². The summed E-state index contributed by atoms with van der Waals surface area (Å²) in [6.45, 7) is 3.51. The van der Waals surface area contributed by atoms with Gasteiger partial charge in [0, 0.05) is 16.5 Å². The Hall–Kier alpha value is -3.15. The van der Waals surface area contributed by atoms with Crippen LogP contribution < -0.4 is 4.74 Å². The number of hydrogen-bond donors (Lipinski definition) is 0. The number of esters is 1. The molecule has 0 N–H and O–H groups in total. The van der Waals surface area contributed by atoms with Crippen molar-refractivity contribution in [1.29, 1.82) is 0 Å². The third-order valence-electron chi connectivity index (χ3n) is 4.44. The molecule has 0 saturated heterocycles. The number of aryl methyl sites for hydroxylation is 2. The molecule has 0 aliphatic heterocycles. The number of methoxy groups -OCH3 is 1. The fourth-order valence-corrected chi connectivity index (χ4v) is 2.75. The van der Waals surface area contributed by atoms with E-state index in [1.807, 2.05) is 26.0 Å². The van der Waals surface area contributed by atoms with Gasteiger partial charge in [0.2, 0.25) is 0 Å². The summed E-state index contributed by atoms with van der Waals surface area (Å²) in [6, 6.07) is 7.71. The fourth-order valence-electron chi connectivity index (χ4n) is 2.75. The molecule has 5 nitrogen and oxygen atoms in total. The average Bonchev–Trinajstić information content (AvgIpc) is 3.01. The van der Waals surface area contributed by atoms with Crippen LogP contribution in [0.2, 0.25) is 0 Å². The van der Waals surface area contributed by atoms with E-state index in [-0.39, 0.29) is 17.7 Å². The van der Waals surface area contributed by atoms with Gasteiger partial charge in [0.1, 0.15) is 5.58 Å². The Kier molecular flexibility index (Phi) is 5.26. The molecule has 0 aliphatic carbocycles. The molecule has 0 bridgehead atoms. The Morgan fingerprint density at radius 1 is 1.11 bits per heavy atom. The number of Topliss-reactive ketones (excluding diaryl/α,β-unsaturated/α-hetero) is 1. The number of halogens is 1. The van der Waals surface area contributed by atoms with Crippen LogP contribution in [0.15, 0.2) is 41.0 Å². The number of ether oxygens (including phenoxy) is 2. The molecule has 0 atom stereocenters. The monoisotopic (exact) mass is 370 g/mol. The van der Waals surface area contributed by atoms with Crippen molar-refractivity contribution in [3.05, 3.63) is 64.7 Å². The molecule has 0 saturated carbocycles. The van der Waals surface area contributed by atoms with Gasteiger partial charge in [-0.1, -0.05) is 0 Å². The third kappa shape index (κ3) is 4.00.